The molecule has 0 saturated carbocycles. The summed E-state index contributed by atoms with van der Waals surface area (Å²) in [5.41, 5.74) is 3.58. The number of nitrogens with zero attached hydrogens (tertiary/aromatic N) is 2. The van der Waals surface area contributed by atoms with Gasteiger partial charge in [0.15, 0.2) is 0 Å². The lowest BCUT2D eigenvalue weighted by atomic mass is 10.00. The molecule has 1 fully saturated rings. The number of benzene rings is 1. The van der Waals surface area contributed by atoms with Crippen molar-refractivity contribution < 1.29 is 9.53 Å². The van der Waals surface area contributed by atoms with E-state index in [1.165, 1.54) is 6.42 Å². The lowest BCUT2D eigenvalue weighted by Crippen LogP contribution is -2.47. The number of anilines is 1. The highest BCUT2D eigenvalue weighted by molar-refractivity contribution is 6.36. The molecule has 5 nitrogen and oxygen atoms in total. The van der Waals surface area contributed by atoms with Crippen LogP contribution in [0.15, 0.2) is 29.4 Å². The SMILES string of the molecule is CCOC(=O)/C(=N\Nc1ccccc1Cl)N1CCCC[C@H]1CC. The number of nitrogens with one attached hydrogen (secondary N) is 1. The molecule has 2 rings (SSSR count). The summed E-state index contributed by atoms with van der Waals surface area (Å²) in [6.45, 7) is 5.08. The second-order valence-corrected chi connectivity index (χ2v) is 5.91. The number of para-hydroxylation sites is 1. The molecule has 1 aromatic rings. The van der Waals surface area contributed by atoms with Crippen molar-refractivity contribution in [1.29, 1.82) is 0 Å². The monoisotopic (exact) mass is 337 g/mol. The van der Waals surface area contributed by atoms with E-state index in [2.05, 4.69) is 22.4 Å². The van der Waals surface area contributed by atoms with E-state index >= 15 is 0 Å². The molecule has 1 saturated heterocycles. The molecule has 0 amide bonds. The lowest BCUT2D eigenvalue weighted by Gasteiger charge is -2.36. The third kappa shape index (κ3) is 4.61. The highest BCUT2D eigenvalue weighted by Crippen LogP contribution is 2.23. The Morgan fingerprint density at radius 1 is 1.39 bits per heavy atom. The van der Waals surface area contributed by atoms with Crippen molar-refractivity contribution in [3.05, 3.63) is 29.3 Å². The summed E-state index contributed by atoms with van der Waals surface area (Å²) in [6.07, 6.45) is 4.29. The predicted octanol–water partition coefficient (Wildman–Crippen LogP) is 3.89. The van der Waals surface area contributed by atoms with Crippen molar-refractivity contribution in [2.45, 2.75) is 45.6 Å². The first kappa shape index (κ1) is 17.6. The molecule has 0 unspecified atom stereocenters. The fourth-order valence-corrected chi connectivity index (χ4v) is 2.97. The van der Waals surface area contributed by atoms with Crippen LogP contribution in [-0.4, -0.2) is 35.9 Å². The zero-order valence-corrected chi connectivity index (χ0v) is 14.5. The number of hydrogen-bond donors (Lipinski definition) is 1. The van der Waals surface area contributed by atoms with E-state index in [4.69, 9.17) is 16.3 Å². The fourth-order valence-electron chi connectivity index (χ4n) is 2.79. The maximum absolute atomic E-state index is 12.3. The van der Waals surface area contributed by atoms with Crippen molar-refractivity contribution in [1.82, 2.24) is 4.90 Å². The molecule has 0 aliphatic carbocycles. The second kappa shape index (κ2) is 8.77. The van der Waals surface area contributed by atoms with E-state index in [0.717, 1.165) is 25.8 Å². The van der Waals surface area contributed by atoms with Gasteiger partial charge in [0.2, 0.25) is 5.84 Å². The number of ether oxygens (including phenoxy) is 1. The van der Waals surface area contributed by atoms with E-state index < -0.39 is 5.97 Å². The van der Waals surface area contributed by atoms with Crippen molar-refractivity contribution in [2.24, 2.45) is 5.10 Å². The zero-order chi connectivity index (χ0) is 16.7. The van der Waals surface area contributed by atoms with Gasteiger partial charge in [-0.15, -0.1) is 5.10 Å². The number of likely N-dealkylation sites (tertiary alicyclic amines) is 1. The van der Waals surface area contributed by atoms with E-state index in [9.17, 15) is 4.79 Å². The van der Waals surface area contributed by atoms with E-state index in [1.54, 1.807) is 13.0 Å². The zero-order valence-electron chi connectivity index (χ0n) is 13.7. The third-order valence-corrected chi connectivity index (χ3v) is 4.31. The number of piperidine rings is 1. The summed E-state index contributed by atoms with van der Waals surface area (Å²) in [7, 11) is 0. The van der Waals surface area contributed by atoms with Crippen LogP contribution in [0.2, 0.25) is 5.02 Å². The van der Waals surface area contributed by atoms with Gasteiger partial charge in [0.25, 0.3) is 0 Å². The van der Waals surface area contributed by atoms with Gasteiger partial charge < -0.3 is 9.64 Å². The number of amidine groups is 1. The van der Waals surface area contributed by atoms with Crippen LogP contribution in [-0.2, 0) is 9.53 Å². The number of hydrogen-bond acceptors (Lipinski definition) is 4. The minimum atomic E-state index is -0.396. The van der Waals surface area contributed by atoms with Crippen molar-refractivity contribution in [3.63, 3.8) is 0 Å². The number of halogens is 1. The first-order chi connectivity index (χ1) is 11.2. The molecule has 0 spiro atoms. The largest absolute Gasteiger partial charge is 0.460 e. The summed E-state index contributed by atoms with van der Waals surface area (Å²) in [6, 6.07) is 7.63. The Bertz CT molecular complexity index is 563. The lowest BCUT2D eigenvalue weighted by molar-refractivity contribution is -0.136. The molecule has 126 valence electrons. The molecule has 0 radical (unpaired) electrons. The van der Waals surface area contributed by atoms with E-state index in [1.807, 2.05) is 18.2 Å². The minimum Gasteiger partial charge on any atom is -0.460 e. The quantitative estimate of drug-likeness (QED) is 0.392. The topological polar surface area (TPSA) is 53.9 Å². The van der Waals surface area contributed by atoms with Crippen LogP contribution in [0.1, 0.15) is 39.5 Å². The summed E-state index contributed by atoms with van der Waals surface area (Å²) in [4.78, 5) is 14.4. The van der Waals surface area contributed by atoms with Gasteiger partial charge in [-0.05, 0) is 44.7 Å². The summed E-state index contributed by atoms with van der Waals surface area (Å²) >= 11 is 6.13. The van der Waals surface area contributed by atoms with Crippen LogP contribution >= 0.6 is 11.6 Å². The Morgan fingerprint density at radius 3 is 2.87 bits per heavy atom. The van der Waals surface area contributed by atoms with Crippen molar-refractivity contribution in [3.8, 4) is 0 Å². The Labute approximate surface area is 142 Å². The molecule has 1 aliphatic rings. The highest BCUT2D eigenvalue weighted by atomic mass is 35.5. The molecule has 1 heterocycles. The molecule has 6 heteroatoms. The molecule has 1 N–H and O–H groups in total. The van der Waals surface area contributed by atoms with Gasteiger partial charge >= 0.3 is 5.97 Å². The molecule has 0 aromatic heterocycles. The number of hydrazone groups is 1. The maximum atomic E-state index is 12.3. The first-order valence-corrected chi connectivity index (χ1v) is 8.57. The van der Waals surface area contributed by atoms with Gasteiger partial charge in [-0.2, -0.15) is 0 Å². The van der Waals surface area contributed by atoms with E-state index in [-0.39, 0.29) is 0 Å². The Kier molecular flexibility index (Phi) is 6.71. The van der Waals surface area contributed by atoms with Gasteiger partial charge in [0.1, 0.15) is 0 Å². The van der Waals surface area contributed by atoms with Crippen LogP contribution in [0.3, 0.4) is 0 Å². The van der Waals surface area contributed by atoms with Crippen LogP contribution in [0.4, 0.5) is 5.69 Å². The van der Waals surface area contributed by atoms with Crippen molar-refractivity contribution in [2.75, 3.05) is 18.6 Å². The molecule has 1 aliphatic heterocycles. The molecular weight excluding hydrogens is 314 g/mol. The summed E-state index contributed by atoms with van der Waals surface area (Å²) < 4.78 is 5.18. The van der Waals surface area contributed by atoms with Crippen molar-refractivity contribution >= 4 is 29.1 Å². The van der Waals surface area contributed by atoms with Crippen LogP contribution in [0.5, 0.6) is 0 Å². The first-order valence-electron chi connectivity index (χ1n) is 8.19. The maximum Gasteiger partial charge on any atom is 0.376 e. The Morgan fingerprint density at radius 2 is 2.17 bits per heavy atom. The minimum absolute atomic E-state index is 0.319. The Hall–Kier alpha value is -1.75. The van der Waals surface area contributed by atoms with E-state index in [0.29, 0.717) is 29.2 Å². The smallest absolute Gasteiger partial charge is 0.376 e. The Balaban J connectivity index is 2.24. The normalized spacial score (nSPS) is 18.7. The average molecular weight is 338 g/mol. The standard InChI is InChI=1S/C17H24ClN3O2/c1-3-13-9-7-8-12-21(13)16(17(22)23-4-2)20-19-15-11-6-5-10-14(15)18/h5-6,10-11,13,19H,3-4,7-9,12H2,1-2H3/b20-16+/t13-/m1/s1. The fraction of sp³-hybridized carbons (Fsp3) is 0.529. The van der Waals surface area contributed by atoms with Crippen LogP contribution in [0.25, 0.3) is 0 Å². The number of esters is 1. The number of carbonyl (C=O) groups excluding carboxylic acids is 1. The van der Waals surface area contributed by atoms with Crippen LogP contribution in [0, 0.1) is 0 Å². The summed E-state index contributed by atoms with van der Waals surface area (Å²) in [5.74, 6) is -0.0641. The van der Waals surface area contributed by atoms with Gasteiger partial charge in [-0.25, -0.2) is 4.79 Å². The molecular formula is C17H24ClN3O2. The average Bonchev–Trinajstić information content (AvgIpc) is 2.57. The second-order valence-electron chi connectivity index (χ2n) is 5.50. The molecule has 1 aromatic carbocycles. The molecule has 1 atom stereocenters. The van der Waals surface area contributed by atoms with Gasteiger partial charge in [-0.3, -0.25) is 5.43 Å². The van der Waals surface area contributed by atoms with Gasteiger partial charge in [-0.1, -0.05) is 30.7 Å². The van der Waals surface area contributed by atoms with Gasteiger partial charge in [0, 0.05) is 12.6 Å². The molecule has 23 heavy (non-hydrogen) atoms. The molecule has 0 bridgehead atoms. The van der Waals surface area contributed by atoms with Gasteiger partial charge in [0.05, 0.1) is 17.3 Å². The summed E-state index contributed by atoms with van der Waals surface area (Å²) in [5, 5.41) is 4.89. The highest BCUT2D eigenvalue weighted by Gasteiger charge is 2.29. The van der Waals surface area contributed by atoms with Crippen LogP contribution < -0.4 is 5.43 Å². The number of carbonyl (C=O) groups is 1. The predicted molar refractivity (Wildman–Crippen MR) is 93.8 cm³/mol. The number of rotatable bonds is 4. The third-order valence-electron chi connectivity index (χ3n) is 3.98.